The standard InChI is InChI=1S/C12H14FN3O/c1-16(2)12(17)7-11(8-14)15-10-5-3-9(13)4-6-10/h3-6,11,15H,7H2,1-2H3. The molecule has 0 spiro atoms. The lowest BCUT2D eigenvalue weighted by Gasteiger charge is -2.15. The fraction of sp³-hybridized carbons (Fsp3) is 0.333. The van der Waals surface area contributed by atoms with Crippen molar-refractivity contribution in [2.75, 3.05) is 19.4 Å². The van der Waals surface area contributed by atoms with Gasteiger partial charge in [0.1, 0.15) is 11.9 Å². The van der Waals surface area contributed by atoms with Crippen molar-refractivity contribution in [1.82, 2.24) is 4.90 Å². The Morgan fingerprint density at radius 1 is 1.47 bits per heavy atom. The monoisotopic (exact) mass is 235 g/mol. The number of hydrogen-bond acceptors (Lipinski definition) is 3. The lowest BCUT2D eigenvalue weighted by atomic mass is 10.2. The molecule has 0 fully saturated rings. The van der Waals surface area contributed by atoms with E-state index >= 15 is 0 Å². The fourth-order valence-electron chi connectivity index (χ4n) is 1.23. The molecule has 1 atom stereocenters. The molecule has 0 heterocycles. The van der Waals surface area contributed by atoms with Gasteiger partial charge < -0.3 is 10.2 Å². The van der Waals surface area contributed by atoms with Crippen molar-refractivity contribution in [2.45, 2.75) is 12.5 Å². The molecule has 5 heteroatoms. The Morgan fingerprint density at radius 2 is 2.06 bits per heavy atom. The average molecular weight is 235 g/mol. The Kier molecular flexibility index (Phi) is 4.46. The molecule has 17 heavy (non-hydrogen) atoms. The summed E-state index contributed by atoms with van der Waals surface area (Å²) in [5, 5.41) is 11.8. The van der Waals surface area contributed by atoms with E-state index in [2.05, 4.69) is 5.32 Å². The van der Waals surface area contributed by atoms with E-state index in [9.17, 15) is 9.18 Å². The van der Waals surface area contributed by atoms with Crippen LogP contribution < -0.4 is 5.32 Å². The van der Waals surface area contributed by atoms with Gasteiger partial charge in [-0.3, -0.25) is 4.79 Å². The number of nitrogens with zero attached hydrogens (tertiary/aromatic N) is 2. The van der Waals surface area contributed by atoms with Gasteiger partial charge in [0.2, 0.25) is 5.91 Å². The molecular weight excluding hydrogens is 221 g/mol. The number of nitrogens with one attached hydrogen (secondary N) is 1. The molecule has 1 aromatic carbocycles. The molecule has 0 aromatic heterocycles. The Morgan fingerprint density at radius 3 is 2.53 bits per heavy atom. The lowest BCUT2D eigenvalue weighted by molar-refractivity contribution is -0.128. The van der Waals surface area contributed by atoms with Gasteiger partial charge in [0.25, 0.3) is 0 Å². The summed E-state index contributed by atoms with van der Waals surface area (Å²) < 4.78 is 12.7. The number of anilines is 1. The summed E-state index contributed by atoms with van der Waals surface area (Å²) in [5.74, 6) is -0.473. The number of benzene rings is 1. The van der Waals surface area contributed by atoms with Crippen molar-refractivity contribution >= 4 is 11.6 Å². The summed E-state index contributed by atoms with van der Waals surface area (Å²) in [6.45, 7) is 0. The first-order chi connectivity index (χ1) is 8.02. The van der Waals surface area contributed by atoms with Crippen molar-refractivity contribution in [3.8, 4) is 6.07 Å². The maximum Gasteiger partial charge on any atom is 0.225 e. The maximum absolute atomic E-state index is 12.7. The Bertz CT molecular complexity index is 422. The highest BCUT2D eigenvalue weighted by atomic mass is 19.1. The van der Waals surface area contributed by atoms with Crippen molar-refractivity contribution in [2.24, 2.45) is 0 Å². The van der Waals surface area contributed by atoms with Gasteiger partial charge in [-0.2, -0.15) is 5.26 Å². The van der Waals surface area contributed by atoms with E-state index in [4.69, 9.17) is 5.26 Å². The van der Waals surface area contributed by atoms with E-state index in [1.165, 1.54) is 29.2 Å². The maximum atomic E-state index is 12.7. The van der Waals surface area contributed by atoms with Gasteiger partial charge in [-0.1, -0.05) is 0 Å². The number of halogens is 1. The molecule has 0 aliphatic heterocycles. The molecule has 0 aliphatic carbocycles. The minimum Gasteiger partial charge on any atom is -0.369 e. The molecule has 1 rings (SSSR count). The zero-order valence-corrected chi connectivity index (χ0v) is 9.77. The minimum absolute atomic E-state index is 0.0842. The van der Waals surface area contributed by atoms with Crippen molar-refractivity contribution in [3.63, 3.8) is 0 Å². The molecule has 0 saturated carbocycles. The van der Waals surface area contributed by atoms with Crippen LogP contribution in [-0.2, 0) is 4.79 Å². The topological polar surface area (TPSA) is 56.1 Å². The highest BCUT2D eigenvalue weighted by Crippen LogP contribution is 2.11. The first kappa shape index (κ1) is 13.0. The van der Waals surface area contributed by atoms with Crippen LogP contribution in [0, 0.1) is 17.1 Å². The average Bonchev–Trinajstić information content (AvgIpc) is 2.30. The Hall–Kier alpha value is -2.09. The Labute approximate surface area is 99.7 Å². The molecule has 0 bridgehead atoms. The van der Waals surface area contributed by atoms with E-state index in [0.717, 1.165) is 0 Å². The van der Waals surface area contributed by atoms with E-state index < -0.39 is 6.04 Å². The van der Waals surface area contributed by atoms with Crippen LogP contribution in [0.3, 0.4) is 0 Å². The Balaban J connectivity index is 2.62. The zero-order valence-electron chi connectivity index (χ0n) is 9.77. The number of carbonyl (C=O) groups is 1. The third-order valence-electron chi connectivity index (χ3n) is 2.22. The van der Waals surface area contributed by atoms with Crippen molar-refractivity contribution in [1.29, 1.82) is 5.26 Å². The molecule has 0 radical (unpaired) electrons. The van der Waals surface area contributed by atoms with Crippen LogP contribution in [0.15, 0.2) is 24.3 Å². The van der Waals surface area contributed by atoms with Crippen LogP contribution in [-0.4, -0.2) is 30.9 Å². The van der Waals surface area contributed by atoms with Gasteiger partial charge in [0.15, 0.2) is 0 Å². The fourth-order valence-corrected chi connectivity index (χ4v) is 1.23. The van der Waals surface area contributed by atoms with Crippen molar-refractivity contribution < 1.29 is 9.18 Å². The second kappa shape index (κ2) is 5.85. The first-order valence-electron chi connectivity index (χ1n) is 5.15. The second-order valence-corrected chi connectivity index (χ2v) is 3.83. The van der Waals surface area contributed by atoms with Gasteiger partial charge in [0, 0.05) is 19.8 Å². The first-order valence-corrected chi connectivity index (χ1v) is 5.15. The predicted octanol–water partition coefficient (Wildman–Crippen LogP) is 1.61. The van der Waals surface area contributed by atoms with E-state index in [-0.39, 0.29) is 18.1 Å². The van der Waals surface area contributed by atoms with E-state index in [0.29, 0.717) is 5.69 Å². The third kappa shape index (κ3) is 4.11. The molecule has 1 unspecified atom stereocenters. The van der Waals surface area contributed by atoms with E-state index in [1.54, 1.807) is 14.1 Å². The number of amides is 1. The summed E-state index contributed by atoms with van der Waals surface area (Å²) in [5.41, 5.74) is 0.615. The smallest absolute Gasteiger partial charge is 0.225 e. The van der Waals surface area contributed by atoms with E-state index in [1.807, 2.05) is 6.07 Å². The van der Waals surface area contributed by atoms with Crippen LogP contribution >= 0.6 is 0 Å². The van der Waals surface area contributed by atoms with Crippen LogP contribution in [0.5, 0.6) is 0 Å². The number of hydrogen-bond donors (Lipinski definition) is 1. The number of carbonyl (C=O) groups excluding carboxylic acids is 1. The third-order valence-corrected chi connectivity index (χ3v) is 2.22. The van der Waals surface area contributed by atoms with Crippen LogP contribution in [0.4, 0.5) is 10.1 Å². The van der Waals surface area contributed by atoms with Gasteiger partial charge in [-0.25, -0.2) is 4.39 Å². The van der Waals surface area contributed by atoms with Crippen LogP contribution in [0.25, 0.3) is 0 Å². The summed E-state index contributed by atoms with van der Waals surface area (Å²) in [7, 11) is 3.27. The molecule has 4 nitrogen and oxygen atoms in total. The highest BCUT2D eigenvalue weighted by Gasteiger charge is 2.14. The van der Waals surface area contributed by atoms with Crippen LogP contribution in [0.1, 0.15) is 6.42 Å². The van der Waals surface area contributed by atoms with Gasteiger partial charge in [-0.15, -0.1) is 0 Å². The van der Waals surface area contributed by atoms with Gasteiger partial charge >= 0.3 is 0 Å². The second-order valence-electron chi connectivity index (χ2n) is 3.83. The zero-order chi connectivity index (χ0) is 12.8. The number of rotatable bonds is 4. The predicted molar refractivity (Wildman–Crippen MR) is 62.7 cm³/mol. The molecular formula is C12H14FN3O. The molecule has 0 saturated heterocycles. The number of nitriles is 1. The molecule has 0 aliphatic rings. The summed E-state index contributed by atoms with van der Waals surface area (Å²) in [6.07, 6.45) is 0.0842. The summed E-state index contributed by atoms with van der Waals surface area (Å²) in [4.78, 5) is 12.9. The largest absolute Gasteiger partial charge is 0.369 e. The molecule has 90 valence electrons. The SMILES string of the molecule is CN(C)C(=O)CC(C#N)Nc1ccc(F)cc1. The molecule has 1 aromatic rings. The van der Waals surface area contributed by atoms with Gasteiger partial charge in [0.05, 0.1) is 12.5 Å². The lowest BCUT2D eigenvalue weighted by Crippen LogP contribution is -2.29. The summed E-state index contributed by atoms with van der Waals surface area (Å²) in [6, 6.07) is 7.03. The normalized spacial score (nSPS) is 11.4. The highest BCUT2D eigenvalue weighted by molar-refractivity contribution is 5.77. The quantitative estimate of drug-likeness (QED) is 0.862. The summed E-state index contributed by atoms with van der Waals surface area (Å²) >= 11 is 0. The van der Waals surface area contributed by atoms with Crippen molar-refractivity contribution in [3.05, 3.63) is 30.1 Å². The van der Waals surface area contributed by atoms with Crippen LogP contribution in [0.2, 0.25) is 0 Å². The molecule has 1 N–H and O–H groups in total. The minimum atomic E-state index is -0.615. The molecule has 1 amide bonds. The van der Waals surface area contributed by atoms with Gasteiger partial charge in [-0.05, 0) is 24.3 Å².